The molecule has 9 heteroatoms. The molecule has 0 bridgehead atoms. The summed E-state index contributed by atoms with van der Waals surface area (Å²) < 4.78 is 12.4. The van der Waals surface area contributed by atoms with Crippen LogP contribution in [0.4, 0.5) is 5.69 Å². The monoisotopic (exact) mass is 361 g/mol. The molecular formula is C17H23N5O4. The predicted molar refractivity (Wildman–Crippen MR) is 97.8 cm³/mol. The Morgan fingerprint density at radius 3 is 2.73 bits per heavy atom. The predicted octanol–water partition coefficient (Wildman–Crippen LogP) is 2.38. The normalized spacial score (nSPS) is 11.1. The number of nitrogens with one attached hydrogen (secondary N) is 2. The van der Waals surface area contributed by atoms with Gasteiger partial charge in [-0.05, 0) is 25.5 Å². The lowest BCUT2D eigenvalue weighted by molar-refractivity contribution is -0.403. The molecule has 0 unspecified atom stereocenters. The molecule has 1 heterocycles. The van der Waals surface area contributed by atoms with E-state index in [0.717, 1.165) is 24.9 Å². The quantitative estimate of drug-likeness (QED) is 0.380. The third-order valence-electron chi connectivity index (χ3n) is 3.57. The maximum atomic E-state index is 10.9. The van der Waals surface area contributed by atoms with Crippen molar-refractivity contribution in [2.24, 2.45) is 0 Å². The summed E-state index contributed by atoms with van der Waals surface area (Å²) in [5, 5.41) is 16.9. The van der Waals surface area contributed by atoms with Gasteiger partial charge in [0.2, 0.25) is 0 Å². The minimum absolute atomic E-state index is 0.295. The van der Waals surface area contributed by atoms with E-state index >= 15 is 0 Å². The zero-order chi connectivity index (χ0) is 18.9. The van der Waals surface area contributed by atoms with Crippen LogP contribution in [0.1, 0.15) is 12.1 Å². The number of hydrogen-bond acceptors (Lipinski definition) is 7. The molecule has 0 aliphatic carbocycles. The molecule has 0 radical (unpaired) electrons. The number of rotatable bonds is 10. The van der Waals surface area contributed by atoms with E-state index < -0.39 is 4.92 Å². The van der Waals surface area contributed by atoms with Crippen molar-refractivity contribution in [1.29, 1.82) is 0 Å². The molecule has 140 valence electrons. The van der Waals surface area contributed by atoms with Crippen molar-refractivity contribution in [3.05, 3.63) is 58.6 Å². The van der Waals surface area contributed by atoms with E-state index in [0.29, 0.717) is 29.6 Å². The number of hydrogen-bond donors (Lipinski definition) is 2. The summed E-state index contributed by atoms with van der Waals surface area (Å²) in [4.78, 5) is 14.5. The Kier molecular flexibility index (Phi) is 6.84. The molecule has 0 atom stereocenters. The Morgan fingerprint density at radius 2 is 2.12 bits per heavy atom. The van der Waals surface area contributed by atoms with E-state index in [4.69, 9.17) is 9.47 Å². The van der Waals surface area contributed by atoms with E-state index in [1.807, 2.05) is 17.7 Å². The highest BCUT2D eigenvalue weighted by Crippen LogP contribution is 2.30. The van der Waals surface area contributed by atoms with Crippen LogP contribution in [-0.2, 0) is 6.54 Å². The zero-order valence-corrected chi connectivity index (χ0v) is 15.1. The van der Waals surface area contributed by atoms with Crippen LogP contribution in [0.25, 0.3) is 0 Å². The first kappa shape index (κ1) is 19.1. The number of nitro groups is 1. The van der Waals surface area contributed by atoms with E-state index in [2.05, 4.69) is 15.6 Å². The Morgan fingerprint density at radius 1 is 1.35 bits per heavy atom. The highest BCUT2D eigenvalue weighted by molar-refractivity contribution is 5.56. The van der Waals surface area contributed by atoms with Crippen molar-refractivity contribution in [3.63, 3.8) is 0 Å². The van der Waals surface area contributed by atoms with Crippen molar-refractivity contribution in [2.75, 3.05) is 26.1 Å². The number of ether oxygens (including phenoxy) is 2. The van der Waals surface area contributed by atoms with Gasteiger partial charge in [-0.3, -0.25) is 10.1 Å². The largest absolute Gasteiger partial charge is 0.493 e. The molecule has 2 N–H and O–H groups in total. The third-order valence-corrected chi connectivity index (χ3v) is 3.57. The van der Waals surface area contributed by atoms with Crippen LogP contribution >= 0.6 is 0 Å². The van der Waals surface area contributed by atoms with Crippen LogP contribution < -0.4 is 20.1 Å². The molecule has 0 amide bonds. The number of methoxy groups -OCH3 is 2. The standard InChI is InChI=1S/C17H23N5O4/c1-13-10-21(12-19-13)8-4-7-18-17(11-22(23)24)20-14-5-6-15(25-2)16(9-14)26-3/h5-6,9-12,18,20H,4,7-8H2,1-3H3/b17-11-. The third kappa shape index (κ3) is 5.69. The Labute approximate surface area is 151 Å². The van der Waals surface area contributed by atoms with Gasteiger partial charge in [-0.25, -0.2) is 4.98 Å². The summed E-state index contributed by atoms with van der Waals surface area (Å²) in [5.74, 6) is 1.42. The first-order chi connectivity index (χ1) is 12.5. The van der Waals surface area contributed by atoms with Gasteiger partial charge < -0.3 is 24.7 Å². The van der Waals surface area contributed by atoms with Crippen LogP contribution in [0.3, 0.4) is 0 Å². The summed E-state index contributed by atoms with van der Waals surface area (Å²) in [5.41, 5.74) is 1.61. The van der Waals surface area contributed by atoms with E-state index in [1.165, 1.54) is 7.11 Å². The zero-order valence-electron chi connectivity index (χ0n) is 15.1. The second kappa shape index (κ2) is 9.30. The van der Waals surface area contributed by atoms with Crippen LogP contribution in [-0.4, -0.2) is 35.2 Å². The van der Waals surface area contributed by atoms with Crippen molar-refractivity contribution >= 4 is 5.69 Å². The summed E-state index contributed by atoms with van der Waals surface area (Å²) in [6, 6.07) is 5.19. The molecule has 0 saturated heterocycles. The summed E-state index contributed by atoms with van der Waals surface area (Å²) in [6.07, 6.45) is 5.41. The first-order valence-corrected chi connectivity index (χ1v) is 8.08. The number of aromatic nitrogens is 2. The van der Waals surface area contributed by atoms with Crippen molar-refractivity contribution in [3.8, 4) is 11.5 Å². The second-order valence-corrected chi connectivity index (χ2v) is 5.56. The lowest BCUT2D eigenvalue weighted by atomic mass is 10.2. The SMILES string of the molecule is COc1ccc(N/C(=C\[N+](=O)[O-])NCCCn2cnc(C)c2)cc1OC. The van der Waals surface area contributed by atoms with E-state index in [9.17, 15) is 10.1 Å². The minimum Gasteiger partial charge on any atom is -0.493 e. The van der Waals surface area contributed by atoms with Crippen LogP contribution in [0.5, 0.6) is 11.5 Å². The number of nitrogens with zero attached hydrogens (tertiary/aromatic N) is 3. The minimum atomic E-state index is -0.505. The van der Waals surface area contributed by atoms with Gasteiger partial charge in [0.15, 0.2) is 17.3 Å². The first-order valence-electron chi connectivity index (χ1n) is 8.08. The lowest BCUT2D eigenvalue weighted by Gasteiger charge is -2.14. The highest BCUT2D eigenvalue weighted by atomic mass is 16.6. The molecule has 26 heavy (non-hydrogen) atoms. The average Bonchev–Trinajstić information content (AvgIpc) is 3.03. The van der Waals surface area contributed by atoms with Gasteiger partial charge in [0.1, 0.15) is 0 Å². The number of imidazole rings is 1. The molecule has 0 aliphatic heterocycles. The molecule has 2 rings (SSSR count). The van der Waals surface area contributed by atoms with Crippen molar-refractivity contribution in [2.45, 2.75) is 19.9 Å². The van der Waals surface area contributed by atoms with Gasteiger partial charge in [-0.2, -0.15) is 0 Å². The summed E-state index contributed by atoms with van der Waals surface area (Å²) in [6.45, 7) is 3.27. The molecule has 0 saturated carbocycles. The molecule has 0 spiro atoms. The maximum Gasteiger partial charge on any atom is 0.274 e. The average molecular weight is 361 g/mol. The van der Waals surface area contributed by atoms with Gasteiger partial charge in [0.25, 0.3) is 6.20 Å². The van der Waals surface area contributed by atoms with Gasteiger partial charge in [0, 0.05) is 31.0 Å². The Hall–Kier alpha value is -3.23. The van der Waals surface area contributed by atoms with E-state index in [1.54, 1.807) is 31.6 Å². The number of anilines is 1. The molecule has 9 nitrogen and oxygen atoms in total. The maximum absolute atomic E-state index is 10.9. The Bertz CT molecular complexity index is 772. The molecule has 2 aromatic rings. The second-order valence-electron chi connectivity index (χ2n) is 5.56. The van der Waals surface area contributed by atoms with Crippen LogP contribution in [0.2, 0.25) is 0 Å². The lowest BCUT2D eigenvalue weighted by Crippen LogP contribution is -2.22. The smallest absolute Gasteiger partial charge is 0.274 e. The summed E-state index contributed by atoms with van der Waals surface area (Å²) in [7, 11) is 3.08. The highest BCUT2D eigenvalue weighted by Gasteiger charge is 2.08. The molecule has 1 aromatic carbocycles. The molecule has 0 fully saturated rings. The fourth-order valence-corrected chi connectivity index (χ4v) is 2.38. The van der Waals surface area contributed by atoms with Crippen molar-refractivity contribution in [1.82, 2.24) is 14.9 Å². The fraction of sp³-hybridized carbons (Fsp3) is 0.353. The van der Waals surface area contributed by atoms with Gasteiger partial charge in [-0.15, -0.1) is 0 Å². The van der Waals surface area contributed by atoms with Gasteiger partial charge >= 0.3 is 0 Å². The molecular weight excluding hydrogens is 338 g/mol. The van der Waals surface area contributed by atoms with Crippen LogP contribution in [0.15, 0.2) is 42.7 Å². The molecule has 1 aromatic heterocycles. The Balaban J connectivity index is 1.95. The molecule has 0 aliphatic rings. The topological polar surface area (TPSA) is 103 Å². The fourth-order valence-electron chi connectivity index (χ4n) is 2.38. The van der Waals surface area contributed by atoms with Crippen LogP contribution in [0, 0.1) is 17.0 Å². The van der Waals surface area contributed by atoms with Gasteiger partial charge in [-0.1, -0.05) is 0 Å². The van der Waals surface area contributed by atoms with E-state index in [-0.39, 0.29) is 0 Å². The summed E-state index contributed by atoms with van der Waals surface area (Å²) >= 11 is 0. The number of aryl methyl sites for hydroxylation is 2. The van der Waals surface area contributed by atoms with Crippen molar-refractivity contribution < 1.29 is 14.4 Å². The van der Waals surface area contributed by atoms with Gasteiger partial charge in [0.05, 0.1) is 31.2 Å². The number of benzene rings is 1.